The predicted octanol–water partition coefficient (Wildman–Crippen LogP) is 2.04. The van der Waals surface area contributed by atoms with E-state index in [9.17, 15) is 24.3 Å². The number of ether oxygens (including phenoxy) is 2. The molecule has 160 valence electrons. The van der Waals surface area contributed by atoms with Gasteiger partial charge >= 0.3 is 17.9 Å². The second-order valence-electron chi connectivity index (χ2n) is 6.91. The Hall–Kier alpha value is -3.42. The van der Waals surface area contributed by atoms with Gasteiger partial charge in [-0.05, 0) is 22.8 Å². The van der Waals surface area contributed by atoms with E-state index in [1.165, 1.54) is 14.2 Å². The standard InChI is InChI=1S/C22H25NO7/c1-23(18(22(28)30-3)13-20(25)29-2)19(24)12-16(21(26)27)11-15-9-6-8-14-7-4-5-10-17(14)15/h4-10,16,18H,11-13H2,1-3H3,(H,26,27)/t16?,18-/m0/s1. The number of fused-ring (bicyclic) bond motifs is 1. The van der Waals surface area contributed by atoms with Crippen molar-refractivity contribution < 1.29 is 33.8 Å². The molecule has 0 fully saturated rings. The molecule has 2 rings (SSSR count). The highest BCUT2D eigenvalue weighted by Gasteiger charge is 2.33. The molecule has 2 aromatic carbocycles. The fourth-order valence-electron chi connectivity index (χ4n) is 3.27. The van der Waals surface area contributed by atoms with Crippen molar-refractivity contribution in [1.29, 1.82) is 0 Å². The molecular formula is C22H25NO7. The number of amides is 1. The first-order chi connectivity index (χ1) is 14.3. The quantitative estimate of drug-likeness (QED) is 0.624. The number of carbonyl (C=O) groups excluding carboxylic acids is 3. The Morgan fingerprint density at radius 2 is 1.63 bits per heavy atom. The molecule has 0 aliphatic rings. The van der Waals surface area contributed by atoms with Crippen molar-refractivity contribution in [2.24, 2.45) is 5.92 Å². The van der Waals surface area contributed by atoms with Crippen LogP contribution in [0.1, 0.15) is 18.4 Å². The molecule has 8 heteroatoms. The highest BCUT2D eigenvalue weighted by molar-refractivity contribution is 5.90. The molecule has 0 radical (unpaired) electrons. The summed E-state index contributed by atoms with van der Waals surface area (Å²) >= 11 is 0. The number of methoxy groups -OCH3 is 2. The van der Waals surface area contributed by atoms with Crippen molar-refractivity contribution in [2.45, 2.75) is 25.3 Å². The van der Waals surface area contributed by atoms with Gasteiger partial charge in [0, 0.05) is 13.5 Å². The van der Waals surface area contributed by atoms with Crippen LogP contribution >= 0.6 is 0 Å². The third-order valence-corrected chi connectivity index (χ3v) is 5.04. The van der Waals surface area contributed by atoms with E-state index in [1.54, 1.807) is 0 Å². The molecule has 1 unspecified atom stereocenters. The lowest BCUT2D eigenvalue weighted by Crippen LogP contribution is -2.45. The van der Waals surface area contributed by atoms with Gasteiger partial charge in [-0.2, -0.15) is 0 Å². The minimum Gasteiger partial charge on any atom is -0.481 e. The van der Waals surface area contributed by atoms with Crippen LogP contribution in [0.4, 0.5) is 0 Å². The number of likely N-dealkylation sites (N-methyl/N-ethyl adjacent to an activating group) is 1. The van der Waals surface area contributed by atoms with E-state index in [-0.39, 0.29) is 19.3 Å². The fourth-order valence-corrected chi connectivity index (χ4v) is 3.27. The summed E-state index contributed by atoms with van der Waals surface area (Å²) in [5, 5.41) is 11.6. The molecule has 1 amide bonds. The van der Waals surface area contributed by atoms with Gasteiger partial charge in [0.15, 0.2) is 0 Å². The lowest BCUT2D eigenvalue weighted by molar-refractivity contribution is -0.157. The van der Waals surface area contributed by atoms with Crippen LogP contribution in [0.2, 0.25) is 0 Å². The van der Waals surface area contributed by atoms with Crippen molar-refractivity contribution in [2.75, 3.05) is 21.3 Å². The molecule has 0 spiro atoms. The molecule has 0 saturated heterocycles. The zero-order chi connectivity index (χ0) is 22.3. The molecule has 0 aromatic heterocycles. The average Bonchev–Trinajstić information content (AvgIpc) is 2.75. The molecule has 2 atom stereocenters. The first-order valence-electron chi connectivity index (χ1n) is 9.38. The third kappa shape index (κ3) is 5.56. The van der Waals surface area contributed by atoms with Crippen molar-refractivity contribution in [1.82, 2.24) is 4.90 Å². The van der Waals surface area contributed by atoms with Crippen LogP contribution in [-0.2, 0) is 35.1 Å². The van der Waals surface area contributed by atoms with Gasteiger partial charge in [-0.15, -0.1) is 0 Å². The highest BCUT2D eigenvalue weighted by atomic mass is 16.5. The van der Waals surface area contributed by atoms with Gasteiger partial charge in [0.2, 0.25) is 5.91 Å². The number of carboxylic acids is 1. The van der Waals surface area contributed by atoms with Gasteiger partial charge in [-0.25, -0.2) is 4.79 Å². The molecule has 0 aliphatic heterocycles. The lowest BCUT2D eigenvalue weighted by atomic mass is 9.92. The molecule has 0 heterocycles. The number of carboxylic acid groups (broad SMARTS) is 1. The average molecular weight is 415 g/mol. The SMILES string of the molecule is COC(=O)C[C@@H](C(=O)OC)N(C)C(=O)CC(Cc1cccc2ccccc12)C(=O)O. The summed E-state index contributed by atoms with van der Waals surface area (Å²) < 4.78 is 9.23. The van der Waals surface area contributed by atoms with Gasteiger partial charge < -0.3 is 19.5 Å². The van der Waals surface area contributed by atoms with Crippen LogP contribution in [0.25, 0.3) is 10.8 Å². The number of rotatable bonds is 9. The van der Waals surface area contributed by atoms with Gasteiger partial charge in [-0.3, -0.25) is 14.4 Å². The Morgan fingerprint density at radius 3 is 2.27 bits per heavy atom. The van der Waals surface area contributed by atoms with Gasteiger partial charge in [-0.1, -0.05) is 42.5 Å². The number of hydrogen-bond donors (Lipinski definition) is 1. The summed E-state index contributed by atoms with van der Waals surface area (Å²) in [4.78, 5) is 49.3. The third-order valence-electron chi connectivity index (χ3n) is 5.04. The lowest BCUT2D eigenvalue weighted by Gasteiger charge is -2.26. The zero-order valence-electron chi connectivity index (χ0n) is 17.2. The molecular weight excluding hydrogens is 390 g/mol. The predicted molar refractivity (Wildman–Crippen MR) is 109 cm³/mol. The Bertz CT molecular complexity index is 935. The second-order valence-corrected chi connectivity index (χ2v) is 6.91. The van der Waals surface area contributed by atoms with Crippen LogP contribution in [-0.4, -0.2) is 61.1 Å². The second kappa shape index (κ2) is 10.4. The van der Waals surface area contributed by atoms with Gasteiger partial charge in [0.1, 0.15) is 6.04 Å². The Balaban J connectivity index is 2.20. The van der Waals surface area contributed by atoms with E-state index in [0.29, 0.717) is 0 Å². The molecule has 0 bridgehead atoms. The topological polar surface area (TPSA) is 110 Å². The monoisotopic (exact) mass is 415 g/mol. The number of aliphatic carboxylic acids is 1. The highest BCUT2D eigenvalue weighted by Crippen LogP contribution is 2.23. The van der Waals surface area contributed by atoms with Gasteiger partial charge in [0.05, 0.1) is 26.6 Å². The van der Waals surface area contributed by atoms with E-state index in [4.69, 9.17) is 0 Å². The summed E-state index contributed by atoms with van der Waals surface area (Å²) in [5.41, 5.74) is 0.815. The normalized spacial score (nSPS) is 12.6. The van der Waals surface area contributed by atoms with Crippen molar-refractivity contribution in [3.8, 4) is 0 Å². The minimum absolute atomic E-state index is 0.149. The maximum Gasteiger partial charge on any atom is 0.329 e. The molecule has 8 nitrogen and oxygen atoms in total. The maximum absolute atomic E-state index is 12.7. The van der Waals surface area contributed by atoms with E-state index in [1.807, 2.05) is 42.5 Å². The molecule has 2 aromatic rings. The molecule has 0 aliphatic carbocycles. The largest absolute Gasteiger partial charge is 0.481 e. The van der Waals surface area contributed by atoms with E-state index in [0.717, 1.165) is 28.3 Å². The van der Waals surface area contributed by atoms with Crippen molar-refractivity contribution in [3.05, 3.63) is 48.0 Å². The van der Waals surface area contributed by atoms with E-state index < -0.39 is 35.8 Å². The van der Waals surface area contributed by atoms with E-state index >= 15 is 0 Å². The molecule has 30 heavy (non-hydrogen) atoms. The number of hydrogen-bond acceptors (Lipinski definition) is 6. The number of benzene rings is 2. The first kappa shape index (κ1) is 22.9. The van der Waals surface area contributed by atoms with Crippen molar-refractivity contribution in [3.63, 3.8) is 0 Å². The van der Waals surface area contributed by atoms with Crippen LogP contribution < -0.4 is 0 Å². The molecule has 1 N–H and O–H groups in total. The summed E-state index contributed by atoms with van der Waals surface area (Å²) in [7, 11) is 3.65. The summed E-state index contributed by atoms with van der Waals surface area (Å²) in [5.74, 6) is -4.16. The minimum atomic E-state index is -1.19. The zero-order valence-corrected chi connectivity index (χ0v) is 17.2. The summed E-state index contributed by atoms with van der Waals surface area (Å²) in [6, 6.07) is 12.0. The van der Waals surface area contributed by atoms with Crippen molar-refractivity contribution >= 4 is 34.6 Å². The van der Waals surface area contributed by atoms with Crippen LogP contribution in [0.5, 0.6) is 0 Å². The number of esters is 2. The Labute approximate surface area is 174 Å². The van der Waals surface area contributed by atoms with Crippen LogP contribution in [0.15, 0.2) is 42.5 Å². The van der Waals surface area contributed by atoms with Gasteiger partial charge in [0.25, 0.3) is 0 Å². The number of carbonyl (C=O) groups is 4. The van der Waals surface area contributed by atoms with Crippen LogP contribution in [0.3, 0.4) is 0 Å². The summed E-state index contributed by atoms with van der Waals surface area (Å²) in [6.07, 6.45) is -0.563. The fraction of sp³-hybridized carbons (Fsp3) is 0.364. The Kier molecular flexibility index (Phi) is 7.91. The number of nitrogens with zero attached hydrogens (tertiary/aromatic N) is 1. The molecule has 0 saturated carbocycles. The smallest absolute Gasteiger partial charge is 0.329 e. The van der Waals surface area contributed by atoms with Crippen LogP contribution in [0, 0.1) is 5.92 Å². The summed E-state index contributed by atoms with van der Waals surface area (Å²) in [6.45, 7) is 0. The Morgan fingerprint density at radius 1 is 0.967 bits per heavy atom. The first-order valence-corrected chi connectivity index (χ1v) is 9.38. The maximum atomic E-state index is 12.7. The van der Waals surface area contributed by atoms with E-state index in [2.05, 4.69) is 9.47 Å².